The molecule has 0 fully saturated rings. The van der Waals surface area contributed by atoms with Crippen LogP contribution in [0.25, 0.3) is 0 Å². The molecule has 0 aromatic heterocycles. The van der Waals surface area contributed by atoms with Gasteiger partial charge in [0.15, 0.2) is 0 Å². The molecular weight excluding hydrogens is 194 g/mol. The largest absolute Gasteiger partial charge is 0.399 e. The van der Waals surface area contributed by atoms with E-state index in [2.05, 4.69) is 19.9 Å². The van der Waals surface area contributed by atoms with Gasteiger partial charge in [-0.05, 0) is 30.4 Å². The fourth-order valence-electron chi connectivity index (χ4n) is 1.21. The minimum absolute atomic E-state index is 0.754. The van der Waals surface area contributed by atoms with Crippen molar-refractivity contribution in [3.8, 4) is 0 Å². The summed E-state index contributed by atoms with van der Waals surface area (Å²) in [6, 6.07) is 8.10. The van der Waals surface area contributed by atoms with Gasteiger partial charge in [0.05, 0.1) is 0 Å². The second-order valence-electron chi connectivity index (χ2n) is 3.63. The van der Waals surface area contributed by atoms with E-state index in [-0.39, 0.29) is 0 Å². The Morgan fingerprint density at radius 3 is 1.94 bits per heavy atom. The molecule has 0 atom stereocenters. The lowest BCUT2D eigenvalue weighted by atomic mass is 10.0. The van der Waals surface area contributed by atoms with E-state index >= 15 is 0 Å². The molecule has 0 aliphatic carbocycles. The van der Waals surface area contributed by atoms with E-state index in [1.165, 1.54) is 12.0 Å². The summed E-state index contributed by atoms with van der Waals surface area (Å²) >= 11 is 0. The summed E-state index contributed by atoms with van der Waals surface area (Å²) in [6.07, 6.45) is 2.32. The fourth-order valence-corrected chi connectivity index (χ4v) is 1.21. The van der Waals surface area contributed by atoms with E-state index in [0.29, 0.717) is 0 Å². The van der Waals surface area contributed by atoms with Crippen LogP contribution >= 0.6 is 0 Å². The van der Waals surface area contributed by atoms with E-state index in [0.717, 1.165) is 18.0 Å². The van der Waals surface area contributed by atoms with Crippen LogP contribution in [-0.4, -0.2) is 0 Å². The molecule has 16 heavy (non-hydrogen) atoms. The lowest BCUT2D eigenvalue weighted by Gasteiger charge is -2.06. The highest BCUT2D eigenvalue weighted by atomic mass is 14.6. The van der Waals surface area contributed by atoms with Crippen molar-refractivity contribution < 1.29 is 0 Å². The van der Waals surface area contributed by atoms with Gasteiger partial charge in [-0.2, -0.15) is 0 Å². The molecule has 1 aromatic carbocycles. The van der Waals surface area contributed by atoms with Gasteiger partial charge in [0.25, 0.3) is 0 Å². The van der Waals surface area contributed by atoms with Gasteiger partial charge in [-0.1, -0.05) is 59.7 Å². The highest BCUT2D eigenvalue weighted by molar-refractivity contribution is 5.46. The lowest BCUT2D eigenvalue weighted by molar-refractivity contribution is 0.587. The first-order valence-electron chi connectivity index (χ1n) is 6.53. The summed E-state index contributed by atoms with van der Waals surface area (Å²) in [5.74, 6) is 0.754. The van der Waals surface area contributed by atoms with Crippen molar-refractivity contribution in [3.63, 3.8) is 0 Å². The van der Waals surface area contributed by atoms with Gasteiger partial charge in [-0.15, -0.1) is 0 Å². The molecule has 0 bridgehead atoms. The van der Waals surface area contributed by atoms with Crippen molar-refractivity contribution in [2.75, 3.05) is 5.73 Å². The zero-order valence-electron chi connectivity index (χ0n) is 11.9. The number of nitrogens with two attached hydrogens (primary N) is 1. The number of para-hydroxylation sites is 1. The van der Waals surface area contributed by atoms with Crippen LogP contribution in [0, 0.1) is 5.92 Å². The van der Waals surface area contributed by atoms with Gasteiger partial charge in [-0.25, -0.2) is 0 Å². The number of nitrogen functional groups attached to an aromatic ring is 1. The van der Waals surface area contributed by atoms with Crippen LogP contribution in [0.1, 0.15) is 53.5 Å². The van der Waals surface area contributed by atoms with Gasteiger partial charge in [0.1, 0.15) is 0 Å². The predicted molar refractivity (Wildman–Crippen MR) is 76.7 cm³/mol. The Morgan fingerprint density at radius 2 is 1.50 bits per heavy atom. The van der Waals surface area contributed by atoms with Crippen LogP contribution < -0.4 is 5.73 Å². The molecule has 0 saturated carbocycles. The second-order valence-corrected chi connectivity index (χ2v) is 3.63. The van der Waals surface area contributed by atoms with Crippen LogP contribution in [0.15, 0.2) is 24.3 Å². The Hall–Kier alpha value is -0.980. The van der Waals surface area contributed by atoms with Crippen LogP contribution in [0.3, 0.4) is 0 Å². The third kappa shape index (κ3) is 8.34. The Bertz CT molecular complexity index is 241. The first kappa shape index (κ1) is 17.4. The minimum Gasteiger partial charge on any atom is -0.399 e. The van der Waals surface area contributed by atoms with Gasteiger partial charge < -0.3 is 5.73 Å². The smallest absolute Gasteiger partial charge is 0.0346 e. The summed E-state index contributed by atoms with van der Waals surface area (Å²) < 4.78 is 0. The molecule has 0 radical (unpaired) electrons. The molecule has 1 nitrogen and oxygen atoms in total. The van der Waals surface area contributed by atoms with Crippen molar-refractivity contribution in [1.29, 1.82) is 0 Å². The molecule has 0 unspecified atom stereocenters. The molecule has 0 aliphatic heterocycles. The molecule has 0 saturated heterocycles. The van der Waals surface area contributed by atoms with E-state index in [9.17, 15) is 0 Å². The Morgan fingerprint density at radius 1 is 1.00 bits per heavy atom. The lowest BCUT2D eigenvalue weighted by Crippen LogP contribution is -1.96. The maximum Gasteiger partial charge on any atom is 0.0346 e. The number of aryl methyl sites for hydroxylation is 1. The quantitative estimate of drug-likeness (QED) is 0.724. The number of benzene rings is 1. The van der Waals surface area contributed by atoms with E-state index in [4.69, 9.17) is 5.73 Å². The minimum atomic E-state index is 0.754. The number of hydrogen-bond donors (Lipinski definition) is 1. The average Bonchev–Trinajstić information content (AvgIpc) is 2.33. The van der Waals surface area contributed by atoms with Crippen LogP contribution in [-0.2, 0) is 6.42 Å². The highest BCUT2D eigenvalue weighted by Crippen LogP contribution is 2.14. The number of rotatable bonds is 3. The van der Waals surface area contributed by atoms with Crippen molar-refractivity contribution in [3.05, 3.63) is 29.8 Å². The third-order valence-corrected chi connectivity index (χ3v) is 2.05. The molecule has 1 heteroatoms. The molecule has 0 spiro atoms. The molecule has 0 heterocycles. The fraction of sp³-hybridized carbons (Fsp3) is 0.600. The zero-order chi connectivity index (χ0) is 13.0. The summed E-state index contributed by atoms with van der Waals surface area (Å²) in [5.41, 5.74) is 8.02. The van der Waals surface area contributed by atoms with E-state index < -0.39 is 0 Å². The van der Waals surface area contributed by atoms with Crippen LogP contribution in [0.4, 0.5) is 5.69 Å². The first-order valence-corrected chi connectivity index (χ1v) is 6.53. The molecule has 0 amide bonds. The van der Waals surface area contributed by atoms with Crippen LogP contribution in [0.2, 0.25) is 0 Å². The molecule has 94 valence electrons. The molecule has 2 N–H and O–H groups in total. The van der Waals surface area contributed by atoms with E-state index in [1.54, 1.807) is 0 Å². The molecule has 1 rings (SSSR count). The normalized spacial score (nSPS) is 8.69. The van der Waals surface area contributed by atoms with Crippen molar-refractivity contribution in [1.82, 2.24) is 0 Å². The highest BCUT2D eigenvalue weighted by Gasteiger charge is 1.99. The predicted octanol–water partition coefficient (Wildman–Crippen LogP) is 4.91. The number of anilines is 1. The first-order chi connectivity index (χ1) is 7.70. The third-order valence-electron chi connectivity index (χ3n) is 2.05. The molecule has 0 aliphatic rings. The Balaban J connectivity index is 0. The maximum absolute atomic E-state index is 5.81. The summed E-state index contributed by atoms with van der Waals surface area (Å²) in [5, 5.41) is 0. The average molecular weight is 223 g/mol. The zero-order valence-corrected chi connectivity index (χ0v) is 11.9. The maximum atomic E-state index is 5.81. The second kappa shape index (κ2) is 12.1. The summed E-state index contributed by atoms with van der Waals surface area (Å²) in [7, 11) is 0. The van der Waals surface area contributed by atoms with Gasteiger partial charge in [-0.3, -0.25) is 0 Å². The Labute approximate surface area is 102 Å². The van der Waals surface area contributed by atoms with Crippen molar-refractivity contribution >= 4 is 5.69 Å². The standard InChI is InChI=1S/C11H17N.2C2H6/c1-9(2)7-8-10-5-3-4-6-11(10)12;2*1-2/h3-6,9H,7-8,12H2,1-2H3;2*1-2H3. The van der Waals surface area contributed by atoms with Crippen molar-refractivity contribution in [2.24, 2.45) is 5.92 Å². The van der Waals surface area contributed by atoms with Crippen molar-refractivity contribution in [2.45, 2.75) is 54.4 Å². The number of hydrogen-bond acceptors (Lipinski definition) is 1. The molecular formula is C15H29N. The SMILES string of the molecule is CC.CC.CC(C)CCc1ccccc1N. The summed E-state index contributed by atoms with van der Waals surface area (Å²) in [4.78, 5) is 0. The van der Waals surface area contributed by atoms with Gasteiger partial charge in [0.2, 0.25) is 0 Å². The van der Waals surface area contributed by atoms with E-state index in [1.807, 2.05) is 45.9 Å². The van der Waals surface area contributed by atoms with Gasteiger partial charge >= 0.3 is 0 Å². The Kier molecular flexibility index (Phi) is 13.2. The topological polar surface area (TPSA) is 26.0 Å². The summed E-state index contributed by atoms with van der Waals surface area (Å²) in [6.45, 7) is 12.5. The monoisotopic (exact) mass is 223 g/mol. The van der Waals surface area contributed by atoms with Gasteiger partial charge in [0, 0.05) is 5.69 Å². The molecule has 1 aromatic rings. The van der Waals surface area contributed by atoms with Crippen LogP contribution in [0.5, 0.6) is 0 Å².